The Morgan fingerprint density at radius 1 is 1.50 bits per heavy atom. The molecule has 0 aromatic rings. The van der Waals surface area contributed by atoms with Crippen molar-refractivity contribution >= 4 is 0 Å². The van der Waals surface area contributed by atoms with Gasteiger partial charge in [0.1, 0.15) is 0 Å². The maximum atomic E-state index is 10.5. The van der Waals surface area contributed by atoms with E-state index in [4.69, 9.17) is 0 Å². The van der Waals surface area contributed by atoms with Gasteiger partial charge in [0.2, 0.25) is 0 Å². The van der Waals surface area contributed by atoms with Crippen molar-refractivity contribution in [3.63, 3.8) is 0 Å². The molecule has 104 valence electrons. The molecule has 1 rings (SSSR count). The summed E-state index contributed by atoms with van der Waals surface area (Å²) < 4.78 is 0. The Balaban J connectivity index is 2.73. The predicted octanol–water partition coefficient (Wildman–Crippen LogP) is 3.45. The second-order valence-corrected chi connectivity index (χ2v) is 6.16. The molecule has 4 atom stereocenters. The minimum Gasteiger partial charge on any atom is -0.390 e. The summed E-state index contributed by atoms with van der Waals surface area (Å²) in [7, 11) is 0. The molecule has 4 unspecified atom stereocenters. The van der Waals surface area contributed by atoms with Crippen LogP contribution >= 0.6 is 0 Å². The van der Waals surface area contributed by atoms with Gasteiger partial charge in [-0.25, -0.2) is 0 Å². The summed E-state index contributed by atoms with van der Waals surface area (Å²) in [5.41, 5.74) is 1.54. The first-order valence-electron chi connectivity index (χ1n) is 6.96. The second kappa shape index (κ2) is 6.03. The molecule has 0 aromatic heterocycles. The summed E-state index contributed by atoms with van der Waals surface area (Å²) in [5.74, 6) is 0.645. The molecule has 1 aliphatic carbocycles. The molecular weight excluding hydrogens is 224 g/mol. The van der Waals surface area contributed by atoms with E-state index in [1.54, 1.807) is 0 Å². The molecule has 18 heavy (non-hydrogen) atoms. The van der Waals surface area contributed by atoms with E-state index < -0.39 is 11.7 Å². The quantitative estimate of drug-likeness (QED) is 0.752. The van der Waals surface area contributed by atoms with Crippen molar-refractivity contribution in [1.29, 1.82) is 0 Å². The summed E-state index contributed by atoms with van der Waals surface area (Å²) in [6.07, 6.45) is 4.91. The maximum absolute atomic E-state index is 10.5. The highest BCUT2D eigenvalue weighted by Crippen LogP contribution is 2.42. The molecule has 0 aromatic carbocycles. The van der Waals surface area contributed by atoms with Gasteiger partial charge in [-0.05, 0) is 70.8 Å². The molecule has 2 heteroatoms. The van der Waals surface area contributed by atoms with Gasteiger partial charge in [0.05, 0.1) is 11.7 Å². The number of hydrogen-bond donors (Lipinski definition) is 2. The minimum absolute atomic E-state index is 0.151. The van der Waals surface area contributed by atoms with Gasteiger partial charge in [0.25, 0.3) is 0 Å². The first-order valence-corrected chi connectivity index (χ1v) is 6.96. The Hall–Kier alpha value is -0.600. The van der Waals surface area contributed by atoms with Crippen LogP contribution in [-0.4, -0.2) is 21.9 Å². The zero-order chi connectivity index (χ0) is 13.9. The van der Waals surface area contributed by atoms with E-state index in [-0.39, 0.29) is 5.92 Å². The van der Waals surface area contributed by atoms with E-state index in [1.165, 1.54) is 5.57 Å². The van der Waals surface area contributed by atoms with Crippen molar-refractivity contribution in [1.82, 2.24) is 0 Å². The maximum Gasteiger partial charge on any atom is 0.0751 e. The van der Waals surface area contributed by atoms with Gasteiger partial charge < -0.3 is 10.2 Å². The Bertz CT molecular complexity index is 328. The van der Waals surface area contributed by atoms with E-state index in [2.05, 4.69) is 13.5 Å². The van der Waals surface area contributed by atoms with Gasteiger partial charge in [0, 0.05) is 0 Å². The van der Waals surface area contributed by atoms with Crippen LogP contribution < -0.4 is 0 Å². The fraction of sp³-hybridized carbons (Fsp3) is 0.750. The molecule has 0 amide bonds. The SMILES string of the molecule is C=C(C)C1CCC(C)(O)C(CC(O)C(C)=CC)C1. The van der Waals surface area contributed by atoms with Crippen LogP contribution in [0.25, 0.3) is 0 Å². The second-order valence-electron chi connectivity index (χ2n) is 6.16. The third-order valence-electron chi connectivity index (χ3n) is 4.63. The third-order valence-corrected chi connectivity index (χ3v) is 4.63. The summed E-state index contributed by atoms with van der Waals surface area (Å²) in [5, 5.41) is 20.6. The summed E-state index contributed by atoms with van der Waals surface area (Å²) >= 11 is 0. The highest BCUT2D eigenvalue weighted by Gasteiger charge is 2.39. The van der Waals surface area contributed by atoms with E-state index in [9.17, 15) is 10.2 Å². The standard InChI is InChI=1S/C16H28O2/c1-6-12(4)15(17)10-14-9-13(11(2)3)7-8-16(14,5)18/h6,13-15,17-18H,2,7-10H2,1,3-5H3. The van der Waals surface area contributed by atoms with Crippen LogP contribution in [0.3, 0.4) is 0 Å². The average molecular weight is 252 g/mol. The molecule has 2 nitrogen and oxygen atoms in total. The molecule has 0 spiro atoms. The van der Waals surface area contributed by atoms with Crippen LogP contribution in [0.2, 0.25) is 0 Å². The normalized spacial score (nSPS) is 35.3. The van der Waals surface area contributed by atoms with E-state index in [0.717, 1.165) is 24.8 Å². The van der Waals surface area contributed by atoms with Crippen LogP contribution in [0.1, 0.15) is 53.4 Å². The van der Waals surface area contributed by atoms with Crippen LogP contribution in [0.5, 0.6) is 0 Å². The van der Waals surface area contributed by atoms with Crippen molar-refractivity contribution in [2.75, 3.05) is 0 Å². The molecule has 0 heterocycles. The van der Waals surface area contributed by atoms with Gasteiger partial charge >= 0.3 is 0 Å². The molecule has 0 aliphatic heterocycles. The fourth-order valence-corrected chi connectivity index (χ4v) is 2.83. The van der Waals surface area contributed by atoms with Crippen LogP contribution in [0, 0.1) is 11.8 Å². The molecular formula is C16H28O2. The van der Waals surface area contributed by atoms with E-state index in [0.29, 0.717) is 12.3 Å². The molecule has 1 saturated carbocycles. The van der Waals surface area contributed by atoms with Crippen molar-refractivity contribution < 1.29 is 10.2 Å². The lowest BCUT2D eigenvalue weighted by Crippen LogP contribution is -2.42. The topological polar surface area (TPSA) is 40.5 Å². The van der Waals surface area contributed by atoms with E-state index in [1.807, 2.05) is 26.8 Å². The lowest BCUT2D eigenvalue weighted by atomic mass is 9.68. The van der Waals surface area contributed by atoms with Crippen molar-refractivity contribution in [2.24, 2.45) is 11.8 Å². The molecule has 1 fully saturated rings. The van der Waals surface area contributed by atoms with Crippen LogP contribution in [0.4, 0.5) is 0 Å². The first-order chi connectivity index (χ1) is 8.27. The molecule has 0 saturated heterocycles. The Morgan fingerprint density at radius 3 is 2.61 bits per heavy atom. The van der Waals surface area contributed by atoms with Gasteiger partial charge in [0.15, 0.2) is 0 Å². The summed E-state index contributed by atoms with van der Waals surface area (Å²) in [6, 6.07) is 0. The highest BCUT2D eigenvalue weighted by molar-refractivity contribution is 5.07. The first kappa shape index (κ1) is 15.5. The molecule has 0 bridgehead atoms. The van der Waals surface area contributed by atoms with Gasteiger partial charge in [-0.1, -0.05) is 18.2 Å². The van der Waals surface area contributed by atoms with Crippen molar-refractivity contribution in [3.05, 3.63) is 23.8 Å². The van der Waals surface area contributed by atoms with Crippen LogP contribution in [0.15, 0.2) is 23.8 Å². The van der Waals surface area contributed by atoms with Crippen LogP contribution in [-0.2, 0) is 0 Å². The van der Waals surface area contributed by atoms with Crippen molar-refractivity contribution in [3.8, 4) is 0 Å². The predicted molar refractivity (Wildman–Crippen MR) is 76.3 cm³/mol. The Kier molecular flexibility index (Phi) is 5.18. The summed E-state index contributed by atoms with van der Waals surface area (Å²) in [4.78, 5) is 0. The number of aliphatic hydroxyl groups is 2. The van der Waals surface area contributed by atoms with Gasteiger partial charge in [-0.3, -0.25) is 0 Å². The number of hydrogen-bond acceptors (Lipinski definition) is 2. The Labute approximate surface area is 111 Å². The van der Waals surface area contributed by atoms with Gasteiger partial charge in [-0.2, -0.15) is 0 Å². The Morgan fingerprint density at radius 2 is 2.11 bits per heavy atom. The van der Waals surface area contributed by atoms with E-state index >= 15 is 0 Å². The average Bonchev–Trinajstić information content (AvgIpc) is 2.30. The lowest BCUT2D eigenvalue weighted by Gasteiger charge is -2.42. The number of allylic oxidation sites excluding steroid dienone is 2. The molecule has 2 N–H and O–H groups in total. The molecule has 0 radical (unpaired) electrons. The lowest BCUT2D eigenvalue weighted by molar-refractivity contribution is -0.0560. The monoisotopic (exact) mass is 252 g/mol. The largest absolute Gasteiger partial charge is 0.390 e. The highest BCUT2D eigenvalue weighted by atomic mass is 16.3. The van der Waals surface area contributed by atoms with Crippen molar-refractivity contribution in [2.45, 2.75) is 65.1 Å². The minimum atomic E-state index is -0.652. The zero-order valence-electron chi connectivity index (χ0n) is 12.2. The number of aliphatic hydroxyl groups excluding tert-OH is 1. The van der Waals surface area contributed by atoms with Gasteiger partial charge in [-0.15, -0.1) is 0 Å². The zero-order valence-corrected chi connectivity index (χ0v) is 12.2. The molecule has 1 aliphatic rings. The fourth-order valence-electron chi connectivity index (χ4n) is 2.83. The third kappa shape index (κ3) is 3.69. The summed E-state index contributed by atoms with van der Waals surface area (Å²) in [6.45, 7) is 11.9. The number of rotatable bonds is 4. The smallest absolute Gasteiger partial charge is 0.0751 e.